The van der Waals surface area contributed by atoms with Crippen molar-refractivity contribution in [3.8, 4) is 0 Å². The highest BCUT2D eigenvalue weighted by atomic mass is 16.3. The van der Waals surface area contributed by atoms with Gasteiger partial charge in [0.2, 0.25) is 0 Å². The number of benzene rings is 3. The van der Waals surface area contributed by atoms with Crippen LogP contribution in [0.4, 0.5) is 0 Å². The van der Waals surface area contributed by atoms with Crippen molar-refractivity contribution in [1.82, 2.24) is 9.38 Å². The summed E-state index contributed by atoms with van der Waals surface area (Å²) in [6.07, 6.45) is 5.68. The monoisotopic (exact) mass is 362 g/mol. The highest BCUT2D eigenvalue weighted by molar-refractivity contribution is 6.32. The fraction of sp³-hybridized carbons (Fsp3) is 0.0833. The molecule has 132 valence electrons. The molecular formula is C24H16N3O+. The molecule has 0 fully saturated rings. The van der Waals surface area contributed by atoms with E-state index < -0.39 is 0 Å². The van der Waals surface area contributed by atoms with Crippen LogP contribution in [0.5, 0.6) is 0 Å². The van der Waals surface area contributed by atoms with Crippen LogP contribution in [-0.4, -0.2) is 9.38 Å². The predicted molar refractivity (Wildman–Crippen MR) is 112 cm³/mol. The van der Waals surface area contributed by atoms with E-state index in [0.29, 0.717) is 0 Å². The molecule has 0 amide bonds. The summed E-state index contributed by atoms with van der Waals surface area (Å²) in [5.74, 6) is 0. The molecule has 0 spiro atoms. The SMILES string of the molecule is Cc1c2ccoc2c2ccc3c4ccccc4n4c5cnc[n+](C)c5c1c2c34. The fourth-order valence-electron chi connectivity index (χ4n) is 5.15. The summed E-state index contributed by atoms with van der Waals surface area (Å²) in [5.41, 5.74) is 7.00. The predicted octanol–water partition coefficient (Wildman–Crippen LogP) is 5.26. The van der Waals surface area contributed by atoms with Crippen LogP contribution in [-0.2, 0) is 7.05 Å². The van der Waals surface area contributed by atoms with Crippen LogP contribution >= 0.6 is 0 Å². The molecule has 3 aromatic carbocycles. The van der Waals surface area contributed by atoms with Crippen molar-refractivity contribution in [3.63, 3.8) is 0 Å². The summed E-state index contributed by atoms with van der Waals surface area (Å²) >= 11 is 0. The van der Waals surface area contributed by atoms with E-state index in [1.807, 2.05) is 12.5 Å². The zero-order valence-corrected chi connectivity index (χ0v) is 15.5. The van der Waals surface area contributed by atoms with Gasteiger partial charge < -0.3 is 8.82 Å². The summed E-state index contributed by atoms with van der Waals surface area (Å²) in [4.78, 5) is 4.51. The molecule has 4 heterocycles. The van der Waals surface area contributed by atoms with E-state index in [0.717, 1.165) is 11.1 Å². The molecule has 0 atom stereocenters. The molecule has 0 bridgehead atoms. The Bertz CT molecular complexity index is 1740. The zero-order chi connectivity index (χ0) is 18.6. The first kappa shape index (κ1) is 14.4. The van der Waals surface area contributed by atoms with E-state index in [-0.39, 0.29) is 0 Å². The summed E-state index contributed by atoms with van der Waals surface area (Å²) in [7, 11) is 2.08. The normalized spacial score (nSPS) is 12.6. The first-order valence-corrected chi connectivity index (χ1v) is 9.45. The first-order chi connectivity index (χ1) is 13.8. The summed E-state index contributed by atoms with van der Waals surface area (Å²) in [5, 5.41) is 7.43. The molecular weight excluding hydrogens is 346 g/mol. The van der Waals surface area contributed by atoms with Crippen LogP contribution in [0.1, 0.15) is 5.56 Å². The molecule has 0 unspecified atom stereocenters. The van der Waals surface area contributed by atoms with Crippen LogP contribution in [0, 0.1) is 6.92 Å². The molecule has 0 aliphatic rings. The Balaban J connectivity index is 2.04. The zero-order valence-electron chi connectivity index (χ0n) is 15.5. The number of pyridine rings is 1. The number of aryl methyl sites for hydroxylation is 2. The Kier molecular flexibility index (Phi) is 2.36. The molecule has 0 N–H and O–H groups in total. The number of hydrogen-bond acceptors (Lipinski definition) is 2. The lowest BCUT2D eigenvalue weighted by Gasteiger charge is -2.14. The molecule has 0 radical (unpaired) electrons. The maximum Gasteiger partial charge on any atom is 0.286 e. The Morgan fingerprint density at radius 1 is 0.893 bits per heavy atom. The lowest BCUT2D eigenvalue weighted by molar-refractivity contribution is -0.647. The summed E-state index contributed by atoms with van der Waals surface area (Å²) in [6.45, 7) is 2.20. The van der Waals surface area contributed by atoms with Gasteiger partial charge in [-0.15, -0.1) is 0 Å². The molecule has 4 heteroatoms. The Morgan fingerprint density at radius 2 is 1.75 bits per heavy atom. The minimum Gasteiger partial charge on any atom is -0.464 e. The fourth-order valence-corrected chi connectivity index (χ4v) is 5.15. The summed E-state index contributed by atoms with van der Waals surface area (Å²) < 4.78 is 10.5. The average molecular weight is 362 g/mol. The number of furan rings is 1. The van der Waals surface area contributed by atoms with E-state index in [1.165, 1.54) is 54.4 Å². The number of para-hydroxylation sites is 1. The molecule has 4 aromatic heterocycles. The van der Waals surface area contributed by atoms with Crippen molar-refractivity contribution in [2.45, 2.75) is 6.92 Å². The molecule has 28 heavy (non-hydrogen) atoms. The van der Waals surface area contributed by atoms with E-state index in [2.05, 4.69) is 70.4 Å². The van der Waals surface area contributed by atoms with Crippen LogP contribution in [0.3, 0.4) is 0 Å². The molecule has 0 saturated carbocycles. The maximum atomic E-state index is 5.94. The third-order valence-electron chi connectivity index (χ3n) is 6.29. The van der Waals surface area contributed by atoms with E-state index in [9.17, 15) is 0 Å². The van der Waals surface area contributed by atoms with Gasteiger partial charge in [-0.3, -0.25) is 0 Å². The largest absolute Gasteiger partial charge is 0.464 e. The molecule has 0 aliphatic carbocycles. The number of rotatable bonds is 0. The van der Waals surface area contributed by atoms with Crippen LogP contribution < -0.4 is 4.57 Å². The number of fused-ring (bicyclic) bond motifs is 8. The average Bonchev–Trinajstić information content (AvgIpc) is 3.33. The Labute approximate surface area is 159 Å². The van der Waals surface area contributed by atoms with E-state index in [4.69, 9.17) is 4.42 Å². The van der Waals surface area contributed by atoms with Gasteiger partial charge in [0.15, 0.2) is 11.7 Å². The third-order valence-corrected chi connectivity index (χ3v) is 6.29. The van der Waals surface area contributed by atoms with Gasteiger partial charge in [-0.05, 0) is 30.7 Å². The van der Waals surface area contributed by atoms with Gasteiger partial charge in [-0.2, -0.15) is 0 Å². The van der Waals surface area contributed by atoms with E-state index >= 15 is 0 Å². The Hall–Kier alpha value is -3.66. The molecule has 7 aromatic rings. The molecule has 0 aliphatic heterocycles. The van der Waals surface area contributed by atoms with Crippen LogP contribution in [0.15, 0.2) is 65.7 Å². The van der Waals surface area contributed by atoms with Gasteiger partial charge in [-0.1, -0.05) is 29.2 Å². The summed E-state index contributed by atoms with van der Waals surface area (Å²) in [6, 6.07) is 15.2. The topological polar surface area (TPSA) is 34.3 Å². The molecule has 0 saturated heterocycles. The second-order valence-electron chi connectivity index (χ2n) is 7.64. The third kappa shape index (κ3) is 1.43. The quantitative estimate of drug-likeness (QED) is 0.209. The van der Waals surface area contributed by atoms with Crippen molar-refractivity contribution in [1.29, 1.82) is 0 Å². The number of aromatic nitrogens is 3. The maximum absolute atomic E-state index is 5.94. The molecule has 4 nitrogen and oxygen atoms in total. The lowest BCUT2D eigenvalue weighted by atomic mass is 9.94. The second-order valence-corrected chi connectivity index (χ2v) is 7.64. The van der Waals surface area contributed by atoms with Gasteiger partial charge in [0.05, 0.1) is 24.3 Å². The number of nitrogens with zero attached hydrogens (tertiary/aromatic N) is 3. The Morgan fingerprint density at radius 3 is 2.68 bits per heavy atom. The van der Waals surface area contributed by atoms with Crippen molar-refractivity contribution in [2.75, 3.05) is 0 Å². The minimum atomic E-state index is 0.968. The van der Waals surface area contributed by atoms with Crippen molar-refractivity contribution >= 4 is 60.0 Å². The highest BCUT2D eigenvalue weighted by Crippen LogP contribution is 2.44. The van der Waals surface area contributed by atoms with Gasteiger partial charge in [0, 0.05) is 32.3 Å². The minimum absolute atomic E-state index is 0.968. The van der Waals surface area contributed by atoms with Crippen molar-refractivity contribution in [2.24, 2.45) is 7.05 Å². The standard InChI is InChI=1S/C24H16N3O/c1-13-14-9-10-28-24(14)17-8-7-16-15-5-3-4-6-18(15)27-19-11-25-12-26(2)23(19)20(13)21(17)22(16)27/h3-12H,1-2H3/q+1. The van der Waals surface area contributed by atoms with E-state index in [1.54, 1.807) is 6.26 Å². The van der Waals surface area contributed by atoms with Crippen LogP contribution in [0.25, 0.3) is 60.0 Å². The van der Waals surface area contributed by atoms with Gasteiger partial charge in [-0.25, -0.2) is 4.57 Å². The smallest absolute Gasteiger partial charge is 0.286 e. The number of hydrogen-bond donors (Lipinski definition) is 0. The van der Waals surface area contributed by atoms with Crippen LogP contribution in [0.2, 0.25) is 0 Å². The molecule has 7 rings (SSSR count). The van der Waals surface area contributed by atoms with Gasteiger partial charge in [0.1, 0.15) is 11.1 Å². The lowest BCUT2D eigenvalue weighted by Crippen LogP contribution is -2.30. The first-order valence-electron chi connectivity index (χ1n) is 9.45. The highest BCUT2D eigenvalue weighted by Gasteiger charge is 2.24. The second kappa shape index (κ2) is 4.60. The van der Waals surface area contributed by atoms with Gasteiger partial charge in [0.25, 0.3) is 6.33 Å². The van der Waals surface area contributed by atoms with Crippen molar-refractivity contribution in [3.05, 3.63) is 66.8 Å². The van der Waals surface area contributed by atoms with Gasteiger partial charge >= 0.3 is 0 Å². The van der Waals surface area contributed by atoms with Crippen molar-refractivity contribution < 1.29 is 8.98 Å².